The molecule has 0 aliphatic heterocycles. The Hall–Kier alpha value is -1.47. The maximum absolute atomic E-state index is 13.6. The van der Waals surface area contributed by atoms with Gasteiger partial charge in [-0.15, -0.1) is 5.10 Å². The minimum Gasteiger partial charge on any atom is -0.315 e. The average Bonchev–Trinajstić information content (AvgIpc) is 2.90. The van der Waals surface area contributed by atoms with Gasteiger partial charge in [-0.3, -0.25) is 0 Å². The topological polar surface area (TPSA) is 55.6 Å². The zero-order chi connectivity index (χ0) is 15.1. The van der Waals surface area contributed by atoms with Gasteiger partial charge in [-0.1, -0.05) is 43.8 Å². The second-order valence-corrected chi connectivity index (χ2v) is 6.11. The quantitative estimate of drug-likeness (QED) is 0.599. The Morgan fingerprint density at radius 2 is 2.14 bits per heavy atom. The van der Waals surface area contributed by atoms with Gasteiger partial charge in [-0.25, -0.2) is 9.07 Å². The first-order chi connectivity index (χ1) is 10.2. The maximum Gasteiger partial charge on any atom is 0.209 e. The summed E-state index contributed by atoms with van der Waals surface area (Å²) >= 11 is 1.44. The van der Waals surface area contributed by atoms with Crippen LogP contribution in [0.3, 0.4) is 0 Å². The van der Waals surface area contributed by atoms with Gasteiger partial charge in [-0.05, 0) is 34.5 Å². The van der Waals surface area contributed by atoms with Gasteiger partial charge in [0.05, 0.1) is 6.54 Å². The predicted molar refractivity (Wildman–Crippen MR) is 81.5 cm³/mol. The van der Waals surface area contributed by atoms with Crippen LogP contribution >= 0.6 is 11.8 Å². The van der Waals surface area contributed by atoms with Gasteiger partial charge < -0.3 is 5.32 Å². The molecule has 114 valence electrons. The average molecular weight is 309 g/mol. The van der Waals surface area contributed by atoms with Crippen LogP contribution in [0.5, 0.6) is 0 Å². The van der Waals surface area contributed by atoms with Gasteiger partial charge in [0.15, 0.2) is 0 Å². The number of tetrazole rings is 1. The summed E-state index contributed by atoms with van der Waals surface area (Å²) in [4.78, 5) is 0. The summed E-state index contributed by atoms with van der Waals surface area (Å²) in [6.45, 7) is 6.83. The molecule has 0 saturated heterocycles. The summed E-state index contributed by atoms with van der Waals surface area (Å²) in [6.07, 6.45) is 0. The number of hydrogen-bond acceptors (Lipinski definition) is 5. The second-order valence-electron chi connectivity index (χ2n) is 5.16. The fourth-order valence-corrected chi connectivity index (χ4v) is 2.66. The zero-order valence-corrected chi connectivity index (χ0v) is 13.1. The summed E-state index contributed by atoms with van der Waals surface area (Å²) in [5.74, 6) is 0.948. The highest BCUT2D eigenvalue weighted by atomic mass is 32.2. The summed E-state index contributed by atoms with van der Waals surface area (Å²) in [7, 11) is 0. The Morgan fingerprint density at radius 3 is 2.90 bits per heavy atom. The third-order valence-electron chi connectivity index (χ3n) is 2.87. The molecule has 0 spiro atoms. The van der Waals surface area contributed by atoms with Crippen LogP contribution in [0.1, 0.15) is 19.4 Å². The molecule has 1 N–H and O–H groups in total. The van der Waals surface area contributed by atoms with Crippen molar-refractivity contribution in [3.63, 3.8) is 0 Å². The SMILES string of the molecule is CC(C)CNCCn1nnnc1SCc1ccccc1F. The number of nitrogens with one attached hydrogen (secondary N) is 1. The summed E-state index contributed by atoms with van der Waals surface area (Å²) < 4.78 is 15.3. The molecule has 0 amide bonds. The maximum atomic E-state index is 13.6. The van der Waals surface area contributed by atoms with Crippen molar-refractivity contribution in [2.24, 2.45) is 5.92 Å². The van der Waals surface area contributed by atoms with Crippen molar-refractivity contribution in [2.45, 2.75) is 31.3 Å². The Balaban J connectivity index is 1.84. The van der Waals surface area contributed by atoms with Crippen molar-refractivity contribution in [2.75, 3.05) is 13.1 Å². The van der Waals surface area contributed by atoms with Gasteiger partial charge in [-0.2, -0.15) is 0 Å². The molecule has 0 aliphatic rings. The molecule has 21 heavy (non-hydrogen) atoms. The standard InChI is InChI=1S/C14H20FN5S/c1-11(2)9-16-7-8-20-14(17-18-19-20)21-10-12-5-3-4-6-13(12)15/h3-6,11,16H,7-10H2,1-2H3. The lowest BCUT2D eigenvalue weighted by Gasteiger charge is -2.08. The molecule has 5 nitrogen and oxygen atoms in total. The predicted octanol–water partition coefficient (Wildman–Crippen LogP) is 2.35. The molecule has 0 fully saturated rings. The highest BCUT2D eigenvalue weighted by molar-refractivity contribution is 7.98. The smallest absolute Gasteiger partial charge is 0.209 e. The molecular weight excluding hydrogens is 289 g/mol. The largest absolute Gasteiger partial charge is 0.315 e. The van der Waals surface area contributed by atoms with E-state index in [1.165, 1.54) is 17.8 Å². The molecule has 0 aliphatic carbocycles. The lowest BCUT2D eigenvalue weighted by atomic mass is 10.2. The van der Waals surface area contributed by atoms with Crippen LogP contribution < -0.4 is 5.32 Å². The van der Waals surface area contributed by atoms with Crippen LogP contribution in [0.25, 0.3) is 0 Å². The molecule has 1 aromatic heterocycles. The molecule has 0 saturated carbocycles. The summed E-state index contributed by atoms with van der Waals surface area (Å²) in [6, 6.07) is 6.76. The molecule has 2 aromatic rings. The number of halogens is 1. The van der Waals surface area contributed by atoms with E-state index in [1.807, 2.05) is 6.07 Å². The van der Waals surface area contributed by atoms with Crippen molar-refractivity contribution in [3.05, 3.63) is 35.6 Å². The number of nitrogens with zero attached hydrogens (tertiary/aromatic N) is 4. The number of thioether (sulfide) groups is 1. The fourth-order valence-electron chi connectivity index (χ4n) is 1.77. The molecule has 2 rings (SSSR count). The third kappa shape index (κ3) is 5.09. The Kier molecular flexibility index (Phi) is 6.13. The van der Waals surface area contributed by atoms with Gasteiger partial charge in [0.25, 0.3) is 0 Å². The first kappa shape index (κ1) is 15.9. The van der Waals surface area contributed by atoms with Crippen LogP contribution in [-0.2, 0) is 12.3 Å². The summed E-state index contributed by atoms with van der Waals surface area (Å²) in [5.41, 5.74) is 0.662. The van der Waals surface area contributed by atoms with E-state index in [2.05, 4.69) is 34.7 Å². The van der Waals surface area contributed by atoms with Crippen LogP contribution in [0, 0.1) is 11.7 Å². The third-order valence-corrected chi connectivity index (χ3v) is 3.87. The van der Waals surface area contributed by atoms with E-state index in [0.717, 1.165) is 13.1 Å². The fraction of sp³-hybridized carbons (Fsp3) is 0.500. The Labute approximate surface area is 128 Å². The van der Waals surface area contributed by atoms with Gasteiger partial charge in [0, 0.05) is 12.3 Å². The van der Waals surface area contributed by atoms with Crippen LogP contribution in [-0.4, -0.2) is 33.3 Å². The monoisotopic (exact) mass is 309 g/mol. The van der Waals surface area contributed by atoms with E-state index in [-0.39, 0.29) is 5.82 Å². The minimum absolute atomic E-state index is 0.192. The van der Waals surface area contributed by atoms with Crippen molar-refractivity contribution < 1.29 is 4.39 Å². The van der Waals surface area contributed by atoms with Crippen LogP contribution in [0.4, 0.5) is 4.39 Å². The highest BCUT2D eigenvalue weighted by Gasteiger charge is 2.08. The molecule has 1 aromatic carbocycles. The normalized spacial score (nSPS) is 11.2. The zero-order valence-electron chi connectivity index (χ0n) is 12.3. The van der Waals surface area contributed by atoms with E-state index in [0.29, 0.717) is 28.9 Å². The van der Waals surface area contributed by atoms with Crippen LogP contribution in [0.15, 0.2) is 29.4 Å². The van der Waals surface area contributed by atoms with E-state index in [4.69, 9.17) is 0 Å². The first-order valence-corrected chi connectivity index (χ1v) is 7.98. The van der Waals surface area contributed by atoms with Crippen molar-refractivity contribution in [3.8, 4) is 0 Å². The van der Waals surface area contributed by atoms with E-state index < -0.39 is 0 Å². The van der Waals surface area contributed by atoms with E-state index in [9.17, 15) is 4.39 Å². The Morgan fingerprint density at radius 1 is 1.33 bits per heavy atom. The van der Waals surface area contributed by atoms with Gasteiger partial charge >= 0.3 is 0 Å². The van der Waals surface area contributed by atoms with Crippen LogP contribution in [0.2, 0.25) is 0 Å². The number of hydrogen-bond donors (Lipinski definition) is 1. The first-order valence-electron chi connectivity index (χ1n) is 7.00. The molecule has 0 bridgehead atoms. The van der Waals surface area contributed by atoms with Gasteiger partial charge in [0.2, 0.25) is 5.16 Å². The molecule has 0 atom stereocenters. The number of rotatable bonds is 8. The Bertz CT molecular complexity index is 558. The molecule has 0 unspecified atom stereocenters. The van der Waals surface area contributed by atoms with Gasteiger partial charge in [0.1, 0.15) is 5.82 Å². The van der Waals surface area contributed by atoms with Crippen molar-refractivity contribution in [1.82, 2.24) is 25.5 Å². The second kappa shape index (κ2) is 8.09. The molecule has 1 heterocycles. The highest BCUT2D eigenvalue weighted by Crippen LogP contribution is 2.21. The van der Waals surface area contributed by atoms with Crippen molar-refractivity contribution in [1.29, 1.82) is 0 Å². The number of benzene rings is 1. The number of aromatic nitrogens is 4. The lowest BCUT2D eigenvalue weighted by Crippen LogP contribution is -2.24. The molecular formula is C14H20FN5S. The molecule has 7 heteroatoms. The lowest BCUT2D eigenvalue weighted by molar-refractivity contribution is 0.482. The minimum atomic E-state index is -0.192. The molecule has 0 radical (unpaired) electrons. The van der Waals surface area contributed by atoms with E-state index in [1.54, 1.807) is 16.8 Å². The van der Waals surface area contributed by atoms with Crippen molar-refractivity contribution >= 4 is 11.8 Å². The van der Waals surface area contributed by atoms with E-state index >= 15 is 0 Å². The summed E-state index contributed by atoms with van der Waals surface area (Å²) in [5, 5.41) is 15.7.